The minimum atomic E-state index is -0.0919. The van der Waals surface area contributed by atoms with Crippen molar-refractivity contribution in [1.29, 1.82) is 0 Å². The topological polar surface area (TPSA) is 46.5 Å². The first-order valence-electron chi connectivity index (χ1n) is 6.74. The van der Waals surface area contributed by atoms with Crippen LogP contribution in [0.5, 0.6) is 0 Å². The summed E-state index contributed by atoms with van der Waals surface area (Å²) in [7, 11) is 0. The fourth-order valence-electron chi connectivity index (χ4n) is 1.70. The predicted molar refractivity (Wildman–Crippen MR) is 78.2 cm³/mol. The van der Waals surface area contributed by atoms with Crippen LogP contribution in [0.4, 0.5) is 0 Å². The van der Waals surface area contributed by atoms with Crippen LogP contribution in [-0.4, -0.2) is 23.4 Å². The number of ether oxygens (including phenoxy) is 1. The van der Waals surface area contributed by atoms with Crippen molar-refractivity contribution in [1.82, 2.24) is 0 Å². The van der Waals surface area contributed by atoms with Gasteiger partial charge in [0.25, 0.3) is 0 Å². The molecule has 0 atom stereocenters. The maximum absolute atomic E-state index is 11.1. The summed E-state index contributed by atoms with van der Waals surface area (Å²) in [6, 6.07) is 7.96. The molecule has 0 bridgehead atoms. The van der Waals surface area contributed by atoms with Gasteiger partial charge in [0.15, 0.2) is 0 Å². The van der Waals surface area contributed by atoms with Crippen LogP contribution in [0, 0.1) is 0 Å². The second-order valence-electron chi connectivity index (χ2n) is 4.27. The number of aliphatic hydroxyl groups excluding tert-OH is 1. The Kier molecular flexibility index (Phi) is 8.34. The molecule has 1 aromatic carbocycles. The highest BCUT2D eigenvalue weighted by molar-refractivity contribution is 7.99. The van der Waals surface area contributed by atoms with Crippen LogP contribution in [0.3, 0.4) is 0 Å². The molecule has 0 amide bonds. The second kappa shape index (κ2) is 9.87. The molecule has 4 heteroatoms. The summed E-state index contributed by atoms with van der Waals surface area (Å²) < 4.78 is 4.88. The lowest BCUT2D eigenvalue weighted by Crippen LogP contribution is -2.03. The van der Waals surface area contributed by atoms with Gasteiger partial charge in [0.1, 0.15) is 0 Å². The van der Waals surface area contributed by atoms with Gasteiger partial charge >= 0.3 is 5.97 Å². The molecule has 1 aromatic rings. The minimum Gasteiger partial charge on any atom is -0.466 e. The van der Waals surface area contributed by atoms with Crippen molar-refractivity contribution in [2.75, 3.05) is 12.4 Å². The van der Waals surface area contributed by atoms with Crippen LogP contribution in [0.2, 0.25) is 0 Å². The van der Waals surface area contributed by atoms with Crippen LogP contribution < -0.4 is 0 Å². The molecule has 1 rings (SSSR count). The van der Waals surface area contributed by atoms with Gasteiger partial charge in [-0.3, -0.25) is 4.79 Å². The smallest absolute Gasteiger partial charge is 0.305 e. The Bertz CT molecular complexity index is 379. The van der Waals surface area contributed by atoms with E-state index in [2.05, 4.69) is 6.07 Å². The summed E-state index contributed by atoms with van der Waals surface area (Å²) in [5.41, 5.74) is 0.951. The number of aliphatic hydroxyl groups is 1. The lowest BCUT2D eigenvalue weighted by Gasteiger charge is -2.04. The highest BCUT2D eigenvalue weighted by atomic mass is 32.2. The molecule has 0 fully saturated rings. The number of unbranched alkanes of at least 4 members (excludes halogenated alkanes) is 2. The van der Waals surface area contributed by atoms with Gasteiger partial charge < -0.3 is 9.84 Å². The van der Waals surface area contributed by atoms with E-state index in [1.807, 2.05) is 25.1 Å². The van der Waals surface area contributed by atoms with Crippen molar-refractivity contribution in [2.45, 2.75) is 44.1 Å². The average Bonchev–Trinajstić information content (AvgIpc) is 2.43. The van der Waals surface area contributed by atoms with Gasteiger partial charge in [-0.2, -0.15) is 0 Å². The van der Waals surface area contributed by atoms with E-state index in [4.69, 9.17) is 9.84 Å². The molecule has 0 aromatic heterocycles. The highest BCUT2D eigenvalue weighted by Crippen LogP contribution is 2.21. The molecule has 0 radical (unpaired) electrons. The Balaban J connectivity index is 2.08. The van der Waals surface area contributed by atoms with E-state index in [0.29, 0.717) is 13.0 Å². The summed E-state index contributed by atoms with van der Waals surface area (Å²) >= 11 is 1.79. The van der Waals surface area contributed by atoms with E-state index < -0.39 is 0 Å². The normalized spacial score (nSPS) is 10.4. The second-order valence-corrected chi connectivity index (χ2v) is 5.44. The zero-order chi connectivity index (χ0) is 13.9. The largest absolute Gasteiger partial charge is 0.466 e. The maximum atomic E-state index is 11.1. The first kappa shape index (κ1) is 16.1. The Morgan fingerprint density at radius 1 is 1.32 bits per heavy atom. The molecule has 0 aliphatic rings. The average molecular weight is 282 g/mol. The van der Waals surface area contributed by atoms with Crippen LogP contribution in [0.15, 0.2) is 29.2 Å². The number of thioether (sulfide) groups is 1. The number of hydrogen-bond donors (Lipinski definition) is 1. The summed E-state index contributed by atoms with van der Waals surface area (Å²) in [5, 5.41) is 9.05. The van der Waals surface area contributed by atoms with E-state index in [0.717, 1.165) is 30.6 Å². The number of esters is 1. The molecule has 0 saturated carbocycles. The van der Waals surface area contributed by atoms with Crippen LogP contribution in [-0.2, 0) is 16.1 Å². The minimum absolute atomic E-state index is 0.0912. The van der Waals surface area contributed by atoms with E-state index in [9.17, 15) is 4.79 Å². The molecule has 19 heavy (non-hydrogen) atoms. The van der Waals surface area contributed by atoms with Gasteiger partial charge in [-0.15, -0.1) is 11.8 Å². The summed E-state index contributed by atoms with van der Waals surface area (Å²) in [4.78, 5) is 12.3. The molecule has 106 valence electrons. The van der Waals surface area contributed by atoms with Gasteiger partial charge in [0.05, 0.1) is 13.2 Å². The SMILES string of the molecule is CCOC(=O)CCCCCSc1cccc(CO)c1. The number of carbonyl (C=O) groups excluding carboxylic acids is 1. The van der Waals surface area contributed by atoms with Crippen molar-refractivity contribution in [3.8, 4) is 0 Å². The molecular weight excluding hydrogens is 260 g/mol. The molecule has 0 aliphatic carbocycles. The van der Waals surface area contributed by atoms with Crippen molar-refractivity contribution in [3.63, 3.8) is 0 Å². The van der Waals surface area contributed by atoms with Gasteiger partial charge in [0, 0.05) is 11.3 Å². The number of hydrogen-bond acceptors (Lipinski definition) is 4. The summed E-state index contributed by atoms with van der Waals surface area (Å²) in [6.45, 7) is 2.39. The first-order valence-corrected chi connectivity index (χ1v) is 7.73. The fourth-order valence-corrected chi connectivity index (χ4v) is 2.70. The molecule has 1 N–H and O–H groups in total. The molecule has 0 heterocycles. The number of carbonyl (C=O) groups is 1. The van der Waals surface area contributed by atoms with Crippen molar-refractivity contribution < 1.29 is 14.6 Å². The van der Waals surface area contributed by atoms with E-state index >= 15 is 0 Å². The standard InChI is InChI=1S/C15H22O3S/c1-2-18-15(17)9-4-3-5-10-19-14-8-6-7-13(11-14)12-16/h6-8,11,16H,2-5,9-10,12H2,1H3. The third-order valence-electron chi connectivity index (χ3n) is 2.68. The highest BCUT2D eigenvalue weighted by Gasteiger charge is 2.01. The number of rotatable bonds is 9. The fraction of sp³-hybridized carbons (Fsp3) is 0.533. The van der Waals surface area contributed by atoms with E-state index in [-0.39, 0.29) is 12.6 Å². The first-order chi connectivity index (χ1) is 9.26. The monoisotopic (exact) mass is 282 g/mol. The number of benzene rings is 1. The molecule has 0 spiro atoms. The van der Waals surface area contributed by atoms with Gasteiger partial charge in [-0.1, -0.05) is 18.6 Å². The van der Waals surface area contributed by atoms with Crippen molar-refractivity contribution in [3.05, 3.63) is 29.8 Å². The molecule has 0 unspecified atom stereocenters. The van der Waals surface area contributed by atoms with Gasteiger partial charge in [0.2, 0.25) is 0 Å². The zero-order valence-corrected chi connectivity index (χ0v) is 12.2. The molecule has 0 aliphatic heterocycles. The van der Waals surface area contributed by atoms with E-state index in [1.165, 1.54) is 4.90 Å². The third-order valence-corrected chi connectivity index (χ3v) is 3.76. The molecule has 3 nitrogen and oxygen atoms in total. The maximum Gasteiger partial charge on any atom is 0.305 e. The van der Waals surface area contributed by atoms with Crippen LogP contribution in [0.25, 0.3) is 0 Å². The lowest BCUT2D eigenvalue weighted by atomic mass is 10.2. The Hall–Kier alpha value is -1.00. The lowest BCUT2D eigenvalue weighted by molar-refractivity contribution is -0.143. The Morgan fingerprint density at radius 3 is 2.89 bits per heavy atom. The zero-order valence-electron chi connectivity index (χ0n) is 11.4. The van der Waals surface area contributed by atoms with Crippen LogP contribution >= 0.6 is 11.8 Å². The summed E-state index contributed by atoms with van der Waals surface area (Å²) in [6.07, 6.45) is 3.56. The van der Waals surface area contributed by atoms with Crippen molar-refractivity contribution >= 4 is 17.7 Å². The van der Waals surface area contributed by atoms with Crippen LogP contribution in [0.1, 0.15) is 38.2 Å². The molecule has 0 saturated heterocycles. The summed E-state index contributed by atoms with van der Waals surface area (Å²) in [5.74, 6) is 0.948. The van der Waals surface area contributed by atoms with Gasteiger partial charge in [-0.05, 0) is 43.2 Å². The van der Waals surface area contributed by atoms with E-state index in [1.54, 1.807) is 11.8 Å². The Labute approximate surface area is 119 Å². The quantitative estimate of drug-likeness (QED) is 0.428. The van der Waals surface area contributed by atoms with Gasteiger partial charge in [-0.25, -0.2) is 0 Å². The van der Waals surface area contributed by atoms with Crippen molar-refractivity contribution in [2.24, 2.45) is 0 Å². The predicted octanol–water partition coefficient (Wildman–Crippen LogP) is 3.39. The molecular formula is C15H22O3S. The third kappa shape index (κ3) is 7.23. The Morgan fingerprint density at radius 2 is 2.16 bits per heavy atom.